The Labute approximate surface area is 105 Å². The van der Waals surface area contributed by atoms with Crippen LogP contribution in [0.3, 0.4) is 0 Å². The van der Waals surface area contributed by atoms with E-state index in [-0.39, 0.29) is 6.10 Å². The Balaban J connectivity index is 2.45. The van der Waals surface area contributed by atoms with Crippen LogP contribution in [0.1, 0.15) is 31.9 Å². The largest absolute Gasteiger partial charge is 0.489 e. The first-order valence-corrected chi connectivity index (χ1v) is 6.44. The second kappa shape index (κ2) is 6.65. The van der Waals surface area contributed by atoms with Gasteiger partial charge in [0.15, 0.2) is 0 Å². The molecule has 0 heterocycles. The van der Waals surface area contributed by atoms with Gasteiger partial charge in [-0.1, -0.05) is 26.0 Å². The SMILES string of the molecule is Cc1cccc(OC(C)CNCC(C)C)c1C. The highest BCUT2D eigenvalue weighted by molar-refractivity contribution is 5.38. The van der Waals surface area contributed by atoms with Crippen molar-refractivity contribution in [3.8, 4) is 5.75 Å². The molecule has 17 heavy (non-hydrogen) atoms. The van der Waals surface area contributed by atoms with Gasteiger partial charge in [0, 0.05) is 6.54 Å². The summed E-state index contributed by atoms with van der Waals surface area (Å²) < 4.78 is 5.95. The van der Waals surface area contributed by atoms with E-state index in [2.05, 4.69) is 46.0 Å². The molecular weight excluding hydrogens is 210 g/mol. The Morgan fingerprint density at radius 2 is 1.82 bits per heavy atom. The molecule has 1 rings (SSSR count). The van der Waals surface area contributed by atoms with E-state index in [9.17, 15) is 0 Å². The Morgan fingerprint density at radius 3 is 2.47 bits per heavy atom. The molecule has 1 aromatic rings. The molecule has 0 fully saturated rings. The maximum Gasteiger partial charge on any atom is 0.122 e. The summed E-state index contributed by atoms with van der Waals surface area (Å²) in [6, 6.07) is 6.21. The number of aryl methyl sites for hydroxylation is 1. The number of benzene rings is 1. The zero-order valence-corrected chi connectivity index (χ0v) is 11.7. The van der Waals surface area contributed by atoms with Gasteiger partial charge < -0.3 is 10.1 Å². The highest BCUT2D eigenvalue weighted by Crippen LogP contribution is 2.21. The van der Waals surface area contributed by atoms with Crippen LogP contribution in [-0.2, 0) is 0 Å². The van der Waals surface area contributed by atoms with Crippen molar-refractivity contribution in [2.24, 2.45) is 5.92 Å². The van der Waals surface area contributed by atoms with E-state index in [1.165, 1.54) is 11.1 Å². The van der Waals surface area contributed by atoms with E-state index in [4.69, 9.17) is 4.74 Å². The summed E-state index contributed by atoms with van der Waals surface area (Å²) in [5.41, 5.74) is 2.52. The van der Waals surface area contributed by atoms with Crippen LogP contribution in [0.5, 0.6) is 5.75 Å². The number of hydrogen-bond donors (Lipinski definition) is 1. The highest BCUT2D eigenvalue weighted by atomic mass is 16.5. The van der Waals surface area contributed by atoms with Crippen molar-refractivity contribution in [1.82, 2.24) is 5.32 Å². The van der Waals surface area contributed by atoms with Gasteiger partial charge in [0.25, 0.3) is 0 Å². The van der Waals surface area contributed by atoms with E-state index < -0.39 is 0 Å². The molecule has 0 radical (unpaired) electrons. The molecule has 1 unspecified atom stereocenters. The summed E-state index contributed by atoms with van der Waals surface area (Å²) in [6.45, 7) is 12.7. The smallest absolute Gasteiger partial charge is 0.122 e. The fourth-order valence-electron chi connectivity index (χ4n) is 1.69. The average Bonchev–Trinajstić information content (AvgIpc) is 2.24. The molecule has 0 saturated carbocycles. The predicted octanol–water partition coefficient (Wildman–Crippen LogP) is 3.32. The molecule has 0 amide bonds. The number of nitrogens with one attached hydrogen (secondary N) is 1. The fourth-order valence-corrected chi connectivity index (χ4v) is 1.69. The van der Waals surface area contributed by atoms with Gasteiger partial charge >= 0.3 is 0 Å². The maximum atomic E-state index is 5.95. The Hall–Kier alpha value is -1.02. The lowest BCUT2D eigenvalue weighted by Gasteiger charge is -2.18. The second-order valence-corrected chi connectivity index (χ2v) is 5.18. The van der Waals surface area contributed by atoms with Gasteiger partial charge in [-0.05, 0) is 50.4 Å². The molecule has 0 spiro atoms. The minimum Gasteiger partial charge on any atom is -0.489 e. The molecule has 0 aromatic heterocycles. The first kappa shape index (κ1) is 14.0. The van der Waals surface area contributed by atoms with Crippen LogP contribution in [0.15, 0.2) is 18.2 Å². The van der Waals surface area contributed by atoms with Gasteiger partial charge in [-0.15, -0.1) is 0 Å². The van der Waals surface area contributed by atoms with Gasteiger partial charge in [-0.2, -0.15) is 0 Å². The van der Waals surface area contributed by atoms with Crippen molar-refractivity contribution in [1.29, 1.82) is 0 Å². The number of ether oxygens (including phenoxy) is 1. The van der Waals surface area contributed by atoms with Crippen molar-refractivity contribution >= 4 is 0 Å². The molecular formula is C15H25NO. The van der Waals surface area contributed by atoms with Crippen LogP contribution in [0.2, 0.25) is 0 Å². The van der Waals surface area contributed by atoms with Crippen molar-refractivity contribution < 1.29 is 4.74 Å². The van der Waals surface area contributed by atoms with Crippen molar-refractivity contribution in [2.45, 2.75) is 40.7 Å². The van der Waals surface area contributed by atoms with Gasteiger partial charge in [0.1, 0.15) is 11.9 Å². The summed E-state index contributed by atoms with van der Waals surface area (Å²) >= 11 is 0. The van der Waals surface area contributed by atoms with Crippen LogP contribution >= 0.6 is 0 Å². The van der Waals surface area contributed by atoms with Crippen LogP contribution in [0.25, 0.3) is 0 Å². The summed E-state index contributed by atoms with van der Waals surface area (Å²) in [5.74, 6) is 1.69. The van der Waals surface area contributed by atoms with E-state index in [0.29, 0.717) is 5.92 Å². The Morgan fingerprint density at radius 1 is 1.12 bits per heavy atom. The summed E-state index contributed by atoms with van der Waals surface area (Å²) in [7, 11) is 0. The minimum atomic E-state index is 0.203. The first-order chi connectivity index (χ1) is 8.00. The Kier molecular flexibility index (Phi) is 5.49. The van der Waals surface area contributed by atoms with Crippen molar-refractivity contribution in [2.75, 3.05) is 13.1 Å². The van der Waals surface area contributed by atoms with Gasteiger partial charge in [-0.25, -0.2) is 0 Å². The van der Waals surface area contributed by atoms with Crippen LogP contribution in [0, 0.1) is 19.8 Å². The third-order valence-electron chi connectivity index (χ3n) is 2.87. The third-order valence-corrected chi connectivity index (χ3v) is 2.87. The monoisotopic (exact) mass is 235 g/mol. The summed E-state index contributed by atoms with van der Waals surface area (Å²) in [4.78, 5) is 0. The van der Waals surface area contributed by atoms with Gasteiger partial charge in [0.05, 0.1) is 0 Å². The normalized spacial score (nSPS) is 12.8. The average molecular weight is 235 g/mol. The molecule has 0 saturated heterocycles. The third kappa shape index (κ3) is 4.78. The standard InChI is InChI=1S/C15H25NO/c1-11(2)9-16-10-13(4)17-15-8-6-7-12(3)14(15)5/h6-8,11,13,16H,9-10H2,1-5H3. The van der Waals surface area contributed by atoms with Crippen LogP contribution < -0.4 is 10.1 Å². The van der Waals surface area contributed by atoms with E-state index in [1.807, 2.05) is 12.1 Å². The quantitative estimate of drug-likeness (QED) is 0.816. The Bertz CT molecular complexity index is 347. The highest BCUT2D eigenvalue weighted by Gasteiger charge is 2.07. The number of hydrogen-bond acceptors (Lipinski definition) is 2. The topological polar surface area (TPSA) is 21.3 Å². The van der Waals surface area contributed by atoms with Gasteiger partial charge in [-0.3, -0.25) is 0 Å². The molecule has 1 aromatic carbocycles. The lowest BCUT2D eigenvalue weighted by molar-refractivity contribution is 0.214. The lowest BCUT2D eigenvalue weighted by Crippen LogP contribution is -2.31. The molecule has 96 valence electrons. The van der Waals surface area contributed by atoms with E-state index in [1.54, 1.807) is 0 Å². The second-order valence-electron chi connectivity index (χ2n) is 5.18. The molecule has 0 aliphatic heterocycles. The maximum absolute atomic E-state index is 5.95. The molecule has 2 heteroatoms. The number of rotatable bonds is 6. The minimum absolute atomic E-state index is 0.203. The zero-order valence-electron chi connectivity index (χ0n) is 11.7. The lowest BCUT2D eigenvalue weighted by atomic mass is 10.1. The van der Waals surface area contributed by atoms with Crippen LogP contribution in [0.4, 0.5) is 0 Å². The van der Waals surface area contributed by atoms with Gasteiger partial charge in [0.2, 0.25) is 0 Å². The predicted molar refractivity (Wildman–Crippen MR) is 73.7 cm³/mol. The molecule has 1 N–H and O–H groups in total. The summed E-state index contributed by atoms with van der Waals surface area (Å²) in [5, 5.41) is 3.41. The van der Waals surface area contributed by atoms with Crippen molar-refractivity contribution in [3.63, 3.8) is 0 Å². The van der Waals surface area contributed by atoms with Crippen molar-refractivity contribution in [3.05, 3.63) is 29.3 Å². The van der Waals surface area contributed by atoms with E-state index >= 15 is 0 Å². The zero-order chi connectivity index (χ0) is 12.8. The van der Waals surface area contributed by atoms with E-state index in [0.717, 1.165) is 18.8 Å². The fraction of sp³-hybridized carbons (Fsp3) is 0.600. The molecule has 0 bridgehead atoms. The first-order valence-electron chi connectivity index (χ1n) is 6.44. The molecule has 2 nitrogen and oxygen atoms in total. The summed E-state index contributed by atoms with van der Waals surface area (Å²) in [6.07, 6.45) is 0.203. The molecule has 0 aliphatic rings. The van der Waals surface area contributed by atoms with Crippen LogP contribution in [-0.4, -0.2) is 19.2 Å². The molecule has 1 atom stereocenters. The molecule has 0 aliphatic carbocycles.